The standard InChI is InChI=1S/C13H21N3O4S/c1-9-6-10(4-5-12(9)16-21(3,18)19)15-13(17)7-11(8-14)20-2/h4-6,11,16H,7-8,14H2,1-3H3,(H,15,17). The lowest BCUT2D eigenvalue weighted by atomic mass is 10.1. The Kier molecular flexibility index (Phi) is 6.13. The molecule has 0 aliphatic rings. The van der Waals surface area contributed by atoms with Crippen molar-refractivity contribution in [2.75, 3.05) is 29.9 Å². The van der Waals surface area contributed by atoms with Gasteiger partial charge in [0.05, 0.1) is 24.5 Å². The first-order chi connectivity index (χ1) is 9.75. The highest BCUT2D eigenvalue weighted by Crippen LogP contribution is 2.20. The highest BCUT2D eigenvalue weighted by atomic mass is 32.2. The fourth-order valence-corrected chi connectivity index (χ4v) is 2.37. The largest absolute Gasteiger partial charge is 0.380 e. The van der Waals surface area contributed by atoms with Crippen molar-refractivity contribution in [1.29, 1.82) is 0 Å². The molecule has 0 spiro atoms. The Balaban J connectivity index is 2.74. The number of nitrogens with two attached hydrogens (primary N) is 1. The first-order valence-corrected chi connectivity index (χ1v) is 8.25. The van der Waals surface area contributed by atoms with E-state index in [4.69, 9.17) is 10.5 Å². The molecule has 1 atom stereocenters. The molecule has 1 amide bonds. The summed E-state index contributed by atoms with van der Waals surface area (Å²) in [5.74, 6) is -0.212. The van der Waals surface area contributed by atoms with Crippen molar-refractivity contribution in [1.82, 2.24) is 0 Å². The molecule has 0 saturated heterocycles. The van der Waals surface area contributed by atoms with Crippen molar-refractivity contribution in [3.8, 4) is 0 Å². The van der Waals surface area contributed by atoms with Crippen molar-refractivity contribution in [3.63, 3.8) is 0 Å². The molecule has 8 heteroatoms. The Morgan fingerprint density at radius 3 is 2.57 bits per heavy atom. The normalized spacial score (nSPS) is 12.8. The zero-order chi connectivity index (χ0) is 16.0. The lowest BCUT2D eigenvalue weighted by Gasteiger charge is -2.14. The second-order valence-corrected chi connectivity index (χ2v) is 6.50. The van der Waals surface area contributed by atoms with Crippen LogP contribution < -0.4 is 15.8 Å². The number of carbonyl (C=O) groups is 1. The number of benzene rings is 1. The summed E-state index contributed by atoms with van der Waals surface area (Å²) in [5, 5.41) is 2.72. The number of nitrogens with one attached hydrogen (secondary N) is 2. The Labute approximate surface area is 124 Å². The Bertz CT molecular complexity index is 597. The van der Waals surface area contributed by atoms with E-state index in [1.165, 1.54) is 7.11 Å². The Hall–Kier alpha value is -1.64. The van der Waals surface area contributed by atoms with Crippen LogP contribution in [0.15, 0.2) is 18.2 Å². The summed E-state index contributed by atoms with van der Waals surface area (Å²) in [6, 6.07) is 4.92. The van der Waals surface area contributed by atoms with Crippen molar-refractivity contribution < 1.29 is 17.9 Å². The molecule has 1 rings (SSSR count). The smallest absolute Gasteiger partial charge is 0.229 e. The van der Waals surface area contributed by atoms with E-state index < -0.39 is 10.0 Å². The van der Waals surface area contributed by atoms with E-state index >= 15 is 0 Å². The summed E-state index contributed by atoms with van der Waals surface area (Å²) < 4.78 is 29.8. The van der Waals surface area contributed by atoms with Crippen molar-refractivity contribution in [2.24, 2.45) is 5.73 Å². The van der Waals surface area contributed by atoms with Gasteiger partial charge in [-0.15, -0.1) is 0 Å². The molecule has 1 unspecified atom stereocenters. The van der Waals surface area contributed by atoms with Crippen LogP contribution in [-0.4, -0.2) is 40.3 Å². The van der Waals surface area contributed by atoms with Crippen LogP contribution in [0.1, 0.15) is 12.0 Å². The lowest BCUT2D eigenvalue weighted by molar-refractivity contribution is -0.118. The third kappa shape index (κ3) is 6.11. The molecular weight excluding hydrogens is 294 g/mol. The molecule has 7 nitrogen and oxygen atoms in total. The van der Waals surface area contributed by atoms with Gasteiger partial charge in [0, 0.05) is 19.3 Å². The summed E-state index contributed by atoms with van der Waals surface area (Å²) in [5.41, 5.74) is 7.23. The van der Waals surface area contributed by atoms with Crippen LogP contribution in [0, 0.1) is 6.92 Å². The quantitative estimate of drug-likeness (QED) is 0.685. The molecule has 118 valence electrons. The number of hydrogen-bond acceptors (Lipinski definition) is 5. The number of ether oxygens (including phenoxy) is 1. The number of methoxy groups -OCH3 is 1. The van der Waals surface area contributed by atoms with Crippen LogP contribution in [0.5, 0.6) is 0 Å². The van der Waals surface area contributed by atoms with Gasteiger partial charge in [0.1, 0.15) is 0 Å². The van der Waals surface area contributed by atoms with Crippen LogP contribution in [0.2, 0.25) is 0 Å². The van der Waals surface area contributed by atoms with E-state index in [2.05, 4.69) is 10.0 Å². The predicted octanol–water partition coefficient (Wildman–Crippen LogP) is 0.669. The van der Waals surface area contributed by atoms with Crippen LogP contribution in [0.25, 0.3) is 0 Å². The molecule has 0 aliphatic carbocycles. The molecule has 0 saturated carbocycles. The number of sulfonamides is 1. The Morgan fingerprint density at radius 1 is 1.43 bits per heavy atom. The average molecular weight is 315 g/mol. The third-order valence-electron chi connectivity index (χ3n) is 2.81. The number of amides is 1. The van der Waals surface area contributed by atoms with Gasteiger partial charge in [-0.2, -0.15) is 0 Å². The molecular formula is C13H21N3O4S. The number of hydrogen-bond donors (Lipinski definition) is 3. The minimum Gasteiger partial charge on any atom is -0.380 e. The number of rotatable bonds is 7. The molecule has 0 aromatic heterocycles. The summed E-state index contributed by atoms with van der Waals surface area (Å²) in [6.07, 6.45) is 0.923. The molecule has 0 heterocycles. The summed E-state index contributed by atoms with van der Waals surface area (Å²) >= 11 is 0. The van der Waals surface area contributed by atoms with Gasteiger partial charge >= 0.3 is 0 Å². The molecule has 0 radical (unpaired) electrons. The van der Waals surface area contributed by atoms with Crippen LogP contribution in [0.4, 0.5) is 11.4 Å². The van der Waals surface area contributed by atoms with Gasteiger partial charge in [0.25, 0.3) is 0 Å². The van der Waals surface area contributed by atoms with Crippen molar-refractivity contribution >= 4 is 27.3 Å². The summed E-state index contributed by atoms with van der Waals surface area (Å²) in [7, 11) is -1.83. The van der Waals surface area contributed by atoms with E-state index in [1.54, 1.807) is 25.1 Å². The molecule has 1 aromatic carbocycles. The molecule has 0 fully saturated rings. The van der Waals surface area contributed by atoms with Crippen LogP contribution >= 0.6 is 0 Å². The molecule has 1 aromatic rings. The average Bonchev–Trinajstić information content (AvgIpc) is 2.38. The van der Waals surface area contributed by atoms with E-state index in [1.807, 2.05) is 0 Å². The topological polar surface area (TPSA) is 111 Å². The van der Waals surface area contributed by atoms with Gasteiger partial charge in [0.2, 0.25) is 15.9 Å². The first-order valence-electron chi connectivity index (χ1n) is 6.36. The molecule has 0 aliphatic heterocycles. The first kappa shape index (κ1) is 17.4. The van der Waals surface area contributed by atoms with E-state index in [9.17, 15) is 13.2 Å². The molecule has 4 N–H and O–H groups in total. The van der Waals surface area contributed by atoms with Gasteiger partial charge < -0.3 is 15.8 Å². The van der Waals surface area contributed by atoms with Crippen molar-refractivity contribution in [2.45, 2.75) is 19.4 Å². The van der Waals surface area contributed by atoms with Gasteiger partial charge in [-0.05, 0) is 30.7 Å². The monoisotopic (exact) mass is 315 g/mol. The fourth-order valence-electron chi connectivity index (χ4n) is 1.74. The van der Waals surface area contributed by atoms with Gasteiger partial charge in [-0.25, -0.2) is 8.42 Å². The molecule has 0 bridgehead atoms. The maximum atomic E-state index is 11.8. The zero-order valence-corrected chi connectivity index (χ0v) is 13.2. The lowest BCUT2D eigenvalue weighted by Crippen LogP contribution is -2.28. The Morgan fingerprint density at radius 2 is 2.10 bits per heavy atom. The summed E-state index contributed by atoms with van der Waals surface area (Å²) in [4.78, 5) is 11.8. The zero-order valence-electron chi connectivity index (χ0n) is 12.3. The van der Waals surface area contributed by atoms with Crippen LogP contribution in [-0.2, 0) is 19.6 Å². The predicted molar refractivity (Wildman–Crippen MR) is 82.7 cm³/mol. The SMILES string of the molecule is COC(CN)CC(=O)Nc1ccc(NS(C)(=O)=O)c(C)c1. The fraction of sp³-hybridized carbons (Fsp3) is 0.462. The van der Waals surface area contributed by atoms with Gasteiger partial charge in [-0.1, -0.05) is 0 Å². The minimum absolute atomic E-state index is 0.162. The second kappa shape index (κ2) is 7.39. The number of aryl methyl sites for hydroxylation is 1. The third-order valence-corrected chi connectivity index (χ3v) is 3.41. The van der Waals surface area contributed by atoms with Crippen LogP contribution in [0.3, 0.4) is 0 Å². The highest BCUT2D eigenvalue weighted by molar-refractivity contribution is 7.92. The number of anilines is 2. The van der Waals surface area contributed by atoms with Gasteiger partial charge in [0.15, 0.2) is 0 Å². The minimum atomic E-state index is -3.33. The molecule has 21 heavy (non-hydrogen) atoms. The maximum Gasteiger partial charge on any atom is 0.229 e. The number of carbonyl (C=O) groups excluding carboxylic acids is 1. The second-order valence-electron chi connectivity index (χ2n) is 4.75. The van der Waals surface area contributed by atoms with E-state index in [-0.39, 0.29) is 25.0 Å². The van der Waals surface area contributed by atoms with Gasteiger partial charge in [-0.3, -0.25) is 9.52 Å². The highest BCUT2D eigenvalue weighted by Gasteiger charge is 2.12. The maximum absolute atomic E-state index is 11.8. The van der Waals surface area contributed by atoms with Crippen molar-refractivity contribution in [3.05, 3.63) is 23.8 Å². The summed E-state index contributed by atoms with van der Waals surface area (Å²) in [6.45, 7) is 2.02. The van der Waals surface area contributed by atoms with E-state index in [0.717, 1.165) is 6.26 Å². The van der Waals surface area contributed by atoms with E-state index in [0.29, 0.717) is 16.9 Å².